The molecule has 3 N–H and O–H groups in total. The van der Waals surface area contributed by atoms with Crippen molar-refractivity contribution in [2.75, 3.05) is 7.05 Å². The second-order valence-electron chi connectivity index (χ2n) is 7.34. The first kappa shape index (κ1) is 20.4. The molecule has 1 saturated heterocycles. The molecule has 4 nitrogen and oxygen atoms in total. The van der Waals surface area contributed by atoms with Crippen molar-refractivity contribution in [3.8, 4) is 0 Å². The summed E-state index contributed by atoms with van der Waals surface area (Å²) in [4.78, 5) is 11.7. The van der Waals surface area contributed by atoms with Crippen LogP contribution in [0.15, 0.2) is 48.5 Å². The maximum atomic E-state index is 12.8. The van der Waals surface area contributed by atoms with E-state index in [9.17, 15) is 23.1 Å². The topological polar surface area (TPSA) is 61.4 Å². The van der Waals surface area contributed by atoms with E-state index in [1.807, 2.05) is 19.1 Å². The van der Waals surface area contributed by atoms with Crippen LogP contribution in [-0.4, -0.2) is 24.1 Å². The molecule has 1 unspecified atom stereocenters. The van der Waals surface area contributed by atoms with Crippen LogP contribution in [0.3, 0.4) is 0 Å². The number of hydrogen-bond donors (Lipinski definition) is 3. The molecule has 1 aliphatic rings. The Balaban J connectivity index is 1.84. The first-order chi connectivity index (χ1) is 13.1. The van der Waals surface area contributed by atoms with Crippen LogP contribution in [0.1, 0.15) is 52.9 Å². The van der Waals surface area contributed by atoms with Gasteiger partial charge in [-0.05, 0) is 55.2 Å². The molecule has 1 fully saturated rings. The molecule has 0 radical (unpaired) electrons. The van der Waals surface area contributed by atoms with Gasteiger partial charge < -0.3 is 15.7 Å². The highest BCUT2D eigenvalue weighted by molar-refractivity contribution is 5.93. The SMILES string of the molecule is CNC(=O)c1ccc([C@@H]2CC(O)(c3ccc(C(F)(F)F)cc3)C[C@H](C)N2)cc1. The fraction of sp³-hybridized carbons (Fsp3) is 0.381. The molecule has 0 bridgehead atoms. The summed E-state index contributed by atoms with van der Waals surface area (Å²) >= 11 is 0. The van der Waals surface area contributed by atoms with Gasteiger partial charge in [-0.2, -0.15) is 13.2 Å². The van der Waals surface area contributed by atoms with Gasteiger partial charge in [0, 0.05) is 24.7 Å². The first-order valence-electron chi connectivity index (χ1n) is 9.10. The highest BCUT2D eigenvalue weighted by Crippen LogP contribution is 2.41. The van der Waals surface area contributed by atoms with Crippen LogP contribution < -0.4 is 10.6 Å². The Kier molecular flexibility index (Phi) is 5.50. The lowest BCUT2D eigenvalue weighted by Gasteiger charge is -2.41. The molecule has 150 valence electrons. The number of nitrogens with one attached hydrogen (secondary N) is 2. The zero-order valence-electron chi connectivity index (χ0n) is 15.7. The van der Waals surface area contributed by atoms with Crippen molar-refractivity contribution in [1.82, 2.24) is 10.6 Å². The predicted molar refractivity (Wildman–Crippen MR) is 99.7 cm³/mol. The summed E-state index contributed by atoms with van der Waals surface area (Å²) in [5.41, 5.74) is -0.0551. The lowest BCUT2D eigenvalue weighted by molar-refractivity contribution is -0.137. The van der Waals surface area contributed by atoms with Gasteiger partial charge in [0.2, 0.25) is 0 Å². The number of benzene rings is 2. The van der Waals surface area contributed by atoms with Crippen molar-refractivity contribution in [2.24, 2.45) is 0 Å². The van der Waals surface area contributed by atoms with Crippen LogP contribution in [0.5, 0.6) is 0 Å². The Morgan fingerprint density at radius 2 is 1.71 bits per heavy atom. The molecule has 2 aromatic carbocycles. The summed E-state index contributed by atoms with van der Waals surface area (Å²) in [6.45, 7) is 1.93. The predicted octanol–water partition coefficient (Wildman–Crippen LogP) is 3.77. The number of carbonyl (C=O) groups is 1. The molecule has 0 aromatic heterocycles. The Labute approximate surface area is 161 Å². The van der Waals surface area contributed by atoms with E-state index in [0.29, 0.717) is 24.0 Å². The third kappa shape index (κ3) is 4.20. The zero-order chi connectivity index (χ0) is 20.5. The van der Waals surface area contributed by atoms with Crippen molar-refractivity contribution in [2.45, 2.75) is 43.6 Å². The maximum absolute atomic E-state index is 12.8. The van der Waals surface area contributed by atoms with E-state index in [0.717, 1.165) is 17.7 Å². The third-order valence-electron chi connectivity index (χ3n) is 5.22. The van der Waals surface area contributed by atoms with Gasteiger partial charge in [-0.1, -0.05) is 24.3 Å². The fourth-order valence-corrected chi connectivity index (χ4v) is 3.82. The molecule has 0 aliphatic carbocycles. The lowest BCUT2D eigenvalue weighted by atomic mass is 9.77. The minimum absolute atomic E-state index is 0.0374. The summed E-state index contributed by atoms with van der Waals surface area (Å²) in [5.74, 6) is -0.183. The molecule has 0 saturated carbocycles. The van der Waals surface area contributed by atoms with E-state index >= 15 is 0 Å². The molecule has 1 aliphatic heterocycles. The van der Waals surface area contributed by atoms with Gasteiger partial charge >= 0.3 is 6.18 Å². The van der Waals surface area contributed by atoms with Crippen LogP contribution in [0.4, 0.5) is 13.2 Å². The van der Waals surface area contributed by atoms with Gasteiger partial charge in [0.1, 0.15) is 0 Å². The van der Waals surface area contributed by atoms with Gasteiger partial charge in [-0.25, -0.2) is 0 Å². The quantitative estimate of drug-likeness (QED) is 0.745. The highest BCUT2D eigenvalue weighted by atomic mass is 19.4. The number of halogens is 3. The van der Waals surface area contributed by atoms with E-state index in [-0.39, 0.29) is 18.0 Å². The smallest absolute Gasteiger partial charge is 0.385 e. The second-order valence-corrected chi connectivity index (χ2v) is 7.34. The molecule has 3 atom stereocenters. The van der Waals surface area contributed by atoms with E-state index in [1.54, 1.807) is 19.2 Å². The van der Waals surface area contributed by atoms with Crippen LogP contribution in [-0.2, 0) is 11.8 Å². The average molecular weight is 392 g/mol. The number of rotatable bonds is 3. The molecule has 28 heavy (non-hydrogen) atoms. The summed E-state index contributed by atoms with van der Waals surface area (Å²) in [5, 5.41) is 17.2. The number of aliphatic hydroxyl groups is 1. The summed E-state index contributed by atoms with van der Waals surface area (Å²) in [7, 11) is 1.56. The van der Waals surface area contributed by atoms with Crippen molar-refractivity contribution < 1.29 is 23.1 Å². The van der Waals surface area contributed by atoms with Crippen LogP contribution in [0, 0.1) is 0 Å². The maximum Gasteiger partial charge on any atom is 0.416 e. The molecule has 7 heteroatoms. The number of hydrogen-bond acceptors (Lipinski definition) is 3. The number of alkyl halides is 3. The minimum Gasteiger partial charge on any atom is -0.385 e. The van der Waals surface area contributed by atoms with E-state index in [2.05, 4.69) is 10.6 Å². The van der Waals surface area contributed by atoms with Gasteiger partial charge in [-0.15, -0.1) is 0 Å². The zero-order valence-corrected chi connectivity index (χ0v) is 15.7. The highest BCUT2D eigenvalue weighted by Gasteiger charge is 2.40. The fourth-order valence-electron chi connectivity index (χ4n) is 3.82. The normalized spacial score (nSPS) is 25.4. The Bertz CT molecular complexity index is 834. The van der Waals surface area contributed by atoms with Crippen molar-refractivity contribution in [1.29, 1.82) is 0 Å². The van der Waals surface area contributed by atoms with Gasteiger partial charge in [0.15, 0.2) is 0 Å². The van der Waals surface area contributed by atoms with Crippen molar-refractivity contribution >= 4 is 5.91 Å². The largest absolute Gasteiger partial charge is 0.416 e. The van der Waals surface area contributed by atoms with Crippen LogP contribution in [0.25, 0.3) is 0 Å². The third-order valence-corrected chi connectivity index (χ3v) is 5.22. The van der Waals surface area contributed by atoms with E-state index in [4.69, 9.17) is 0 Å². The van der Waals surface area contributed by atoms with Gasteiger partial charge in [0.05, 0.1) is 11.2 Å². The number of piperidine rings is 1. The molecule has 3 rings (SSSR count). The molecular weight excluding hydrogens is 369 g/mol. The minimum atomic E-state index is -4.41. The Morgan fingerprint density at radius 1 is 1.11 bits per heavy atom. The van der Waals surface area contributed by atoms with Crippen LogP contribution in [0.2, 0.25) is 0 Å². The lowest BCUT2D eigenvalue weighted by Crippen LogP contribution is -2.46. The van der Waals surface area contributed by atoms with Gasteiger partial charge in [-0.3, -0.25) is 4.79 Å². The first-order valence-corrected chi connectivity index (χ1v) is 9.10. The Morgan fingerprint density at radius 3 is 2.25 bits per heavy atom. The van der Waals surface area contributed by atoms with Crippen LogP contribution >= 0.6 is 0 Å². The van der Waals surface area contributed by atoms with E-state index < -0.39 is 17.3 Å². The van der Waals surface area contributed by atoms with Crippen molar-refractivity contribution in [3.63, 3.8) is 0 Å². The monoisotopic (exact) mass is 392 g/mol. The molecule has 2 aromatic rings. The summed E-state index contributed by atoms with van der Waals surface area (Å²) in [6, 6.07) is 11.6. The summed E-state index contributed by atoms with van der Waals surface area (Å²) < 4.78 is 38.5. The number of carbonyl (C=O) groups excluding carboxylic acids is 1. The van der Waals surface area contributed by atoms with Gasteiger partial charge in [0.25, 0.3) is 5.91 Å². The molecule has 1 amide bonds. The molecule has 0 spiro atoms. The van der Waals surface area contributed by atoms with E-state index in [1.165, 1.54) is 12.1 Å². The molecule has 1 heterocycles. The number of amides is 1. The van der Waals surface area contributed by atoms with Crippen molar-refractivity contribution in [3.05, 3.63) is 70.8 Å². The standard InChI is InChI=1S/C21H23F3N2O2/c1-13-11-20(28,16-7-9-17(10-8-16)21(22,23)24)12-18(26-13)14-3-5-15(6-4-14)19(27)25-2/h3-10,13,18,26,28H,11-12H2,1-2H3,(H,25,27)/t13-,18-,20?/m0/s1. The second kappa shape index (κ2) is 7.56. The Hall–Kier alpha value is -2.38. The summed E-state index contributed by atoms with van der Waals surface area (Å²) in [6.07, 6.45) is -3.69. The average Bonchev–Trinajstić information content (AvgIpc) is 2.66. The molecular formula is C21H23F3N2O2.